The molecule has 0 unspecified atom stereocenters. The molecule has 8 nitrogen and oxygen atoms in total. The highest BCUT2D eigenvalue weighted by Gasteiger charge is 2.53. The average Bonchev–Trinajstić information content (AvgIpc) is 3.24. The van der Waals surface area contributed by atoms with Gasteiger partial charge in [-0.05, 0) is 30.5 Å². The number of nitrogens with one attached hydrogen (secondary N) is 1. The van der Waals surface area contributed by atoms with Gasteiger partial charge in [0, 0.05) is 4.91 Å². The van der Waals surface area contributed by atoms with Gasteiger partial charge >= 0.3 is 5.97 Å². The number of para-hydroxylation sites is 1. The first kappa shape index (κ1) is 21.6. The molecule has 0 radical (unpaired) electrons. The number of carboxylic acid groups (broad SMARTS) is 1. The van der Waals surface area contributed by atoms with Crippen molar-refractivity contribution in [3.63, 3.8) is 0 Å². The molecule has 0 saturated carbocycles. The van der Waals surface area contributed by atoms with Crippen molar-refractivity contribution < 1.29 is 19.5 Å². The lowest BCUT2D eigenvalue weighted by atomic mass is 9.86. The highest BCUT2D eigenvalue weighted by atomic mass is 32.2. The minimum Gasteiger partial charge on any atom is -0.477 e. The number of amides is 2. The number of allylic oxidation sites excluding steroid dienone is 1. The second-order valence-corrected chi connectivity index (χ2v) is 10.2. The molecule has 0 spiro atoms. The van der Waals surface area contributed by atoms with E-state index >= 15 is 0 Å². The maximum Gasteiger partial charge on any atom is 0.353 e. The van der Waals surface area contributed by atoms with Crippen LogP contribution in [-0.4, -0.2) is 44.9 Å². The number of fused-ring (bicyclic) bond motifs is 2. The Balaban J connectivity index is 1.34. The topological polar surface area (TPSA) is 126 Å². The number of nitrogens with zero attached hydrogens (tertiary/aromatic N) is 2. The van der Waals surface area contributed by atoms with Crippen LogP contribution in [0.3, 0.4) is 0 Å². The van der Waals surface area contributed by atoms with Crippen LogP contribution in [0.4, 0.5) is 0 Å². The first-order valence-corrected chi connectivity index (χ1v) is 12.0. The van der Waals surface area contributed by atoms with Crippen molar-refractivity contribution in [2.24, 2.45) is 5.73 Å². The smallest absolute Gasteiger partial charge is 0.353 e. The lowest BCUT2D eigenvalue weighted by Crippen LogP contribution is -2.72. The zero-order chi connectivity index (χ0) is 23.1. The molecule has 3 aromatic rings. The highest BCUT2D eigenvalue weighted by Crippen LogP contribution is 2.44. The standard InChI is InChI=1S/C23H20N4O4S2/c24-17(12-6-2-1-3-7-12)20(28)26-18-14-10-11-16(19(22(30)31)27(14)21(18)29)33-23-25-13-8-4-5-9-15(13)32-23/h1-9,14,17-18H,10-11,24H2,(H,26,28)(H,30,31)/t14-,17-,18+/m1/s1. The van der Waals surface area contributed by atoms with Crippen LogP contribution in [0.5, 0.6) is 0 Å². The summed E-state index contributed by atoms with van der Waals surface area (Å²) in [5.74, 6) is -2.06. The summed E-state index contributed by atoms with van der Waals surface area (Å²) in [7, 11) is 0. The van der Waals surface area contributed by atoms with Crippen LogP contribution in [-0.2, 0) is 14.4 Å². The molecule has 0 aliphatic carbocycles. The fourth-order valence-corrected chi connectivity index (χ4v) is 6.47. The third-order valence-corrected chi connectivity index (χ3v) is 8.06. The van der Waals surface area contributed by atoms with E-state index in [1.54, 1.807) is 24.3 Å². The Morgan fingerprint density at radius 3 is 2.64 bits per heavy atom. The van der Waals surface area contributed by atoms with Crippen LogP contribution in [0.2, 0.25) is 0 Å². The molecule has 5 rings (SSSR count). The normalized spacial score (nSPS) is 20.9. The van der Waals surface area contributed by atoms with E-state index in [0.29, 0.717) is 23.3 Å². The molecule has 0 bridgehead atoms. The van der Waals surface area contributed by atoms with Crippen LogP contribution in [0.1, 0.15) is 24.4 Å². The van der Waals surface area contributed by atoms with Gasteiger partial charge in [0.1, 0.15) is 17.8 Å². The quantitative estimate of drug-likeness (QED) is 0.463. The van der Waals surface area contributed by atoms with Crippen LogP contribution < -0.4 is 11.1 Å². The number of carbonyl (C=O) groups is 3. The molecule has 2 aliphatic heterocycles. The van der Waals surface area contributed by atoms with E-state index in [4.69, 9.17) is 5.73 Å². The summed E-state index contributed by atoms with van der Waals surface area (Å²) < 4.78 is 1.75. The number of aromatic nitrogens is 1. The SMILES string of the molecule is N[C@@H](C(=O)N[C@@H]1C(=O)N2C(C(=O)O)=C(Sc3nc4ccccc4s3)CC[C@H]12)c1ccccc1. The Morgan fingerprint density at radius 1 is 1.18 bits per heavy atom. The number of rotatable bonds is 6. The third kappa shape index (κ3) is 3.90. The van der Waals surface area contributed by atoms with Crippen molar-refractivity contribution >= 4 is 51.1 Å². The summed E-state index contributed by atoms with van der Waals surface area (Å²) >= 11 is 2.78. The van der Waals surface area contributed by atoms with Crippen LogP contribution >= 0.6 is 23.1 Å². The maximum atomic E-state index is 12.9. The van der Waals surface area contributed by atoms with Crippen molar-refractivity contribution in [2.45, 2.75) is 35.3 Å². The summed E-state index contributed by atoms with van der Waals surface area (Å²) in [4.78, 5) is 44.1. The lowest BCUT2D eigenvalue weighted by molar-refractivity contribution is -0.156. The summed E-state index contributed by atoms with van der Waals surface area (Å²) in [5.41, 5.74) is 7.51. The zero-order valence-electron chi connectivity index (χ0n) is 17.3. The van der Waals surface area contributed by atoms with Gasteiger partial charge in [-0.2, -0.15) is 0 Å². The Bertz CT molecular complexity index is 1260. The molecule has 1 aromatic heterocycles. The first-order valence-electron chi connectivity index (χ1n) is 10.4. The second kappa shape index (κ2) is 8.62. The van der Waals surface area contributed by atoms with Crippen molar-refractivity contribution in [1.82, 2.24) is 15.2 Å². The molecule has 1 fully saturated rings. The van der Waals surface area contributed by atoms with Gasteiger partial charge in [0.05, 0.1) is 16.3 Å². The third-order valence-electron chi connectivity index (χ3n) is 5.82. The Hall–Kier alpha value is -3.21. The van der Waals surface area contributed by atoms with E-state index in [2.05, 4.69) is 10.3 Å². The molecule has 1 saturated heterocycles. The monoisotopic (exact) mass is 480 g/mol. The molecule has 33 heavy (non-hydrogen) atoms. The number of benzene rings is 2. The van der Waals surface area contributed by atoms with Gasteiger partial charge in [-0.15, -0.1) is 11.3 Å². The fourth-order valence-electron chi connectivity index (χ4n) is 4.18. The fraction of sp³-hybridized carbons (Fsp3) is 0.217. The molecule has 3 atom stereocenters. The number of aliphatic carboxylic acids is 1. The van der Waals surface area contributed by atoms with Gasteiger partial charge in [-0.1, -0.05) is 54.2 Å². The summed E-state index contributed by atoms with van der Waals surface area (Å²) in [6.07, 6.45) is 1.02. The van der Waals surface area contributed by atoms with Crippen LogP contribution in [0, 0.1) is 0 Å². The highest BCUT2D eigenvalue weighted by molar-refractivity contribution is 8.04. The van der Waals surface area contributed by atoms with Gasteiger partial charge in [-0.3, -0.25) is 14.5 Å². The van der Waals surface area contributed by atoms with Gasteiger partial charge in [0.2, 0.25) is 5.91 Å². The molecule has 2 aromatic carbocycles. The summed E-state index contributed by atoms with van der Waals surface area (Å²) in [6, 6.07) is 14.5. The Labute approximate surface area is 197 Å². The van der Waals surface area contributed by atoms with Gasteiger partial charge in [-0.25, -0.2) is 9.78 Å². The minimum atomic E-state index is -1.16. The van der Waals surface area contributed by atoms with E-state index in [9.17, 15) is 19.5 Å². The van der Waals surface area contributed by atoms with Crippen molar-refractivity contribution in [2.75, 3.05) is 0 Å². The number of thiazole rings is 1. The predicted molar refractivity (Wildman–Crippen MR) is 125 cm³/mol. The Kier molecular flexibility index (Phi) is 5.65. The lowest BCUT2D eigenvalue weighted by Gasteiger charge is -2.50. The van der Waals surface area contributed by atoms with E-state index in [-0.39, 0.29) is 5.70 Å². The molecule has 4 N–H and O–H groups in total. The van der Waals surface area contributed by atoms with Crippen LogP contribution in [0.25, 0.3) is 10.2 Å². The summed E-state index contributed by atoms with van der Waals surface area (Å²) in [5, 5.41) is 12.6. The minimum absolute atomic E-state index is 0.0293. The predicted octanol–water partition coefficient (Wildman–Crippen LogP) is 2.87. The molecule has 3 heterocycles. The largest absolute Gasteiger partial charge is 0.477 e. The number of β-lactam (4-membered cyclic amide) rings is 1. The van der Waals surface area contributed by atoms with E-state index in [0.717, 1.165) is 14.6 Å². The maximum absolute atomic E-state index is 12.9. The molecular weight excluding hydrogens is 460 g/mol. The second-order valence-electron chi connectivity index (χ2n) is 7.82. The van der Waals surface area contributed by atoms with Gasteiger partial charge in [0.15, 0.2) is 4.34 Å². The number of thioether (sulfide) groups is 1. The number of hydrogen-bond acceptors (Lipinski definition) is 7. The molecule has 2 amide bonds. The van der Waals surface area contributed by atoms with E-state index in [1.165, 1.54) is 28.0 Å². The van der Waals surface area contributed by atoms with E-state index in [1.807, 2.05) is 30.3 Å². The summed E-state index contributed by atoms with van der Waals surface area (Å²) in [6.45, 7) is 0. The molecule has 10 heteroatoms. The zero-order valence-corrected chi connectivity index (χ0v) is 18.9. The van der Waals surface area contributed by atoms with Gasteiger partial charge in [0.25, 0.3) is 5.91 Å². The van der Waals surface area contributed by atoms with Gasteiger partial charge < -0.3 is 16.2 Å². The number of carbonyl (C=O) groups excluding carboxylic acids is 2. The first-order chi connectivity index (χ1) is 15.9. The Morgan fingerprint density at radius 2 is 1.91 bits per heavy atom. The van der Waals surface area contributed by atoms with Crippen molar-refractivity contribution in [3.05, 3.63) is 70.8 Å². The molecule has 2 aliphatic rings. The molecule has 168 valence electrons. The molecular formula is C23H20N4O4S2. The van der Waals surface area contributed by atoms with Crippen molar-refractivity contribution in [3.8, 4) is 0 Å². The number of hydrogen-bond donors (Lipinski definition) is 3. The number of nitrogens with two attached hydrogens (primary N) is 1. The van der Waals surface area contributed by atoms with E-state index < -0.39 is 35.9 Å². The average molecular weight is 481 g/mol. The van der Waals surface area contributed by atoms with Crippen molar-refractivity contribution in [1.29, 1.82) is 0 Å². The van der Waals surface area contributed by atoms with Crippen LogP contribution in [0.15, 0.2) is 69.5 Å². The number of carboxylic acids is 1.